The average Bonchev–Trinajstić information content (AvgIpc) is 3.06. The van der Waals surface area contributed by atoms with Crippen molar-refractivity contribution in [1.82, 2.24) is 19.6 Å². The monoisotopic (exact) mass is 320 g/mol. The van der Waals surface area contributed by atoms with E-state index in [1.165, 1.54) is 25.8 Å². The van der Waals surface area contributed by atoms with E-state index >= 15 is 0 Å². The number of carbonyl (C=O) groups is 1. The van der Waals surface area contributed by atoms with E-state index in [-0.39, 0.29) is 5.91 Å². The summed E-state index contributed by atoms with van der Waals surface area (Å²) in [6.45, 7) is 5.36. The Bertz CT molecular complexity index is 592. The van der Waals surface area contributed by atoms with Gasteiger partial charge in [-0.1, -0.05) is 6.42 Å². The zero-order valence-electron chi connectivity index (χ0n) is 13.1. The SMILES string of the molecule is CC1CCCCN1CCCNC(=O)Cc1cn2ccsc2n1. The molecular formula is C16H24N4OS. The molecule has 2 aromatic rings. The maximum Gasteiger partial charge on any atom is 0.226 e. The molecule has 3 rings (SSSR count). The van der Waals surface area contributed by atoms with Crippen molar-refractivity contribution in [2.24, 2.45) is 0 Å². The first-order chi connectivity index (χ1) is 10.7. The van der Waals surface area contributed by atoms with E-state index in [9.17, 15) is 4.79 Å². The normalized spacial score (nSPS) is 19.6. The lowest BCUT2D eigenvalue weighted by molar-refractivity contribution is -0.120. The molecule has 6 heteroatoms. The number of hydrogen-bond donors (Lipinski definition) is 1. The molecule has 1 aliphatic rings. The Hall–Kier alpha value is -1.40. The van der Waals surface area contributed by atoms with Crippen molar-refractivity contribution in [2.75, 3.05) is 19.6 Å². The van der Waals surface area contributed by atoms with Gasteiger partial charge in [0, 0.05) is 36.9 Å². The number of thiazole rings is 1. The van der Waals surface area contributed by atoms with E-state index in [1.54, 1.807) is 11.3 Å². The van der Waals surface area contributed by atoms with Gasteiger partial charge in [0.15, 0.2) is 4.96 Å². The Morgan fingerprint density at radius 2 is 2.41 bits per heavy atom. The second-order valence-corrected chi connectivity index (χ2v) is 6.96. The van der Waals surface area contributed by atoms with Crippen LogP contribution in [0.15, 0.2) is 17.8 Å². The number of fused-ring (bicyclic) bond motifs is 1. The Balaban J connectivity index is 1.36. The van der Waals surface area contributed by atoms with Crippen LogP contribution in [0.1, 0.15) is 38.3 Å². The summed E-state index contributed by atoms with van der Waals surface area (Å²) in [6.07, 6.45) is 9.27. The molecule has 3 heterocycles. The van der Waals surface area contributed by atoms with E-state index in [1.807, 2.05) is 22.2 Å². The molecule has 0 bridgehead atoms. The standard InChI is InChI=1S/C16H24N4OS/c1-13-5-2-3-7-19(13)8-4-6-17-15(21)11-14-12-20-9-10-22-16(20)18-14/h9-10,12-13H,2-8,11H2,1H3,(H,17,21). The topological polar surface area (TPSA) is 49.6 Å². The lowest BCUT2D eigenvalue weighted by atomic mass is 10.0. The number of hydrogen-bond acceptors (Lipinski definition) is 4. The van der Waals surface area contributed by atoms with Crippen molar-refractivity contribution in [1.29, 1.82) is 0 Å². The molecule has 1 saturated heterocycles. The van der Waals surface area contributed by atoms with Crippen molar-refractivity contribution in [3.8, 4) is 0 Å². The summed E-state index contributed by atoms with van der Waals surface area (Å²) < 4.78 is 1.96. The van der Waals surface area contributed by atoms with Gasteiger partial charge in [0.05, 0.1) is 12.1 Å². The summed E-state index contributed by atoms with van der Waals surface area (Å²) in [5.41, 5.74) is 0.842. The molecule has 1 amide bonds. The summed E-state index contributed by atoms with van der Waals surface area (Å²) in [5.74, 6) is 0.0671. The van der Waals surface area contributed by atoms with Crippen LogP contribution in [0.5, 0.6) is 0 Å². The Morgan fingerprint density at radius 3 is 3.23 bits per heavy atom. The molecular weight excluding hydrogens is 296 g/mol. The maximum absolute atomic E-state index is 12.0. The van der Waals surface area contributed by atoms with Crippen molar-refractivity contribution >= 4 is 22.2 Å². The molecule has 0 spiro atoms. The van der Waals surface area contributed by atoms with Crippen LogP contribution in [0.2, 0.25) is 0 Å². The zero-order chi connectivity index (χ0) is 15.4. The molecule has 0 radical (unpaired) electrons. The molecule has 0 saturated carbocycles. The van der Waals surface area contributed by atoms with Crippen LogP contribution in [0, 0.1) is 0 Å². The fraction of sp³-hybridized carbons (Fsp3) is 0.625. The summed E-state index contributed by atoms with van der Waals surface area (Å²) in [6, 6.07) is 0.697. The van der Waals surface area contributed by atoms with Gasteiger partial charge in [-0.15, -0.1) is 11.3 Å². The number of amides is 1. The highest BCUT2D eigenvalue weighted by Gasteiger charge is 2.17. The van der Waals surface area contributed by atoms with Crippen molar-refractivity contribution in [3.05, 3.63) is 23.5 Å². The fourth-order valence-electron chi connectivity index (χ4n) is 3.09. The van der Waals surface area contributed by atoms with Gasteiger partial charge < -0.3 is 10.2 Å². The largest absolute Gasteiger partial charge is 0.356 e. The van der Waals surface area contributed by atoms with E-state index in [0.29, 0.717) is 12.5 Å². The third kappa shape index (κ3) is 3.87. The minimum Gasteiger partial charge on any atom is -0.356 e. The number of carbonyl (C=O) groups excluding carboxylic acids is 1. The van der Waals surface area contributed by atoms with Crippen LogP contribution in [-0.2, 0) is 11.2 Å². The molecule has 0 aromatic carbocycles. The number of piperidine rings is 1. The average molecular weight is 320 g/mol. The Labute approximate surface area is 135 Å². The van der Waals surface area contributed by atoms with E-state index in [2.05, 4.69) is 22.1 Å². The highest BCUT2D eigenvalue weighted by molar-refractivity contribution is 7.15. The summed E-state index contributed by atoms with van der Waals surface area (Å²) >= 11 is 1.59. The van der Waals surface area contributed by atoms with Crippen LogP contribution >= 0.6 is 11.3 Å². The van der Waals surface area contributed by atoms with Gasteiger partial charge in [-0.05, 0) is 32.7 Å². The second-order valence-electron chi connectivity index (χ2n) is 6.09. The molecule has 120 valence electrons. The van der Waals surface area contributed by atoms with E-state index in [4.69, 9.17) is 0 Å². The highest BCUT2D eigenvalue weighted by Crippen LogP contribution is 2.16. The van der Waals surface area contributed by atoms with Gasteiger partial charge in [0.25, 0.3) is 0 Å². The molecule has 1 N–H and O–H groups in total. The first-order valence-electron chi connectivity index (χ1n) is 8.14. The van der Waals surface area contributed by atoms with Crippen LogP contribution in [0.4, 0.5) is 0 Å². The number of aromatic nitrogens is 2. The van der Waals surface area contributed by atoms with Crippen molar-refractivity contribution in [2.45, 2.75) is 45.1 Å². The smallest absolute Gasteiger partial charge is 0.226 e. The molecule has 1 fully saturated rings. The van der Waals surface area contributed by atoms with Gasteiger partial charge in [-0.25, -0.2) is 4.98 Å². The molecule has 1 atom stereocenters. The zero-order valence-corrected chi connectivity index (χ0v) is 13.9. The molecule has 5 nitrogen and oxygen atoms in total. The van der Waals surface area contributed by atoms with Crippen molar-refractivity contribution in [3.63, 3.8) is 0 Å². The van der Waals surface area contributed by atoms with Crippen LogP contribution in [0.3, 0.4) is 0 Å². The number of nitrogens with one attached hydrogen (secondary N) is 1. The van der Waals surface area contributed by atoms with E-state index in [0.717, 1.165) is 30.2 Å². The lowest BCUT2D eigenvalue weighted by Crippen LogP contribution is -2.39. The van der Waals surface area contributed by atoms with Crippen LogP contribution < -0.4 is 5.32 Å². The summed E-state index contributed by atoms with van der Waals surface area (Å²) in [5, 5.41) is 5.00. The number of imidazole rings is 1. The predicted molar refractivity (Wildman–Crippen MR) is 89.3 cm³/mol. The molecule has 1 unspecified atom stereocenters. The highest BCUT2D eigenvalue weighted by atomic mass is 32.1. The summed E-state index contributed by atoms with van der Waals surface area (Å²) in [7, 11) is 0. The number of rotatable bonds is 6. The van der Waals surface area contributed by atoms with Gasteiger partial charge in [-0.2, -0.15) is 0 Å². The van der Waals surface area contributed by atoms with Crippen LogP contribution in [0.25, 0.3) is 4.96 Å². The summed E-state index contributed by atoms with van der Waals surface area (Å²) in [4.78, 5) is 19.9. The third-order valence-corrected chi connectivity index (χ3v) is 5.14. The van der Waals surface area contributed by atoms with Gasteiger partial charge in [0.1, 0.15) is 0 Å². The van der Waals surface area contributed by atoms with E-state index < -0.39 is 0 Å². The van der Waals surface area contributed by atoms with Gasteiger partial charge in [0.2, 0.25) is 5.91 Å². The molecule has 0 aliphatic carbocycles. The minimum atomic E-state index is 0.0671. The predicted octanol–water partition coefficient (Wildman–Crippen LogP) is 2.32. The lowest BCUT2D eigenvalue weighted by Gasteiger charge is -2.33. The molecule has 1 aliphatic heterocycles. The molecule has 22 heavy (non-hydrogen) atoms. The first kappa shape index (κ1) is 15.5. The number of likely N-dealkylation sites (tertiary alicyclic amines) is 1. The molecule has 2 aromatic heterocycles. The fourth-order valence-corrected chi connectivity index (χ4v) is 3.81. The van der Waals surface area contributed by atoms with Crippen LogP contribution in [-0.4, -0.2) is 45.9 Å². The quantitative estimate of drug-likeness (QED) is 0.831. The minimum absolute atomic E-state index is 0.0671. The Kier molecular flexibility index (Phi) is 5.10. The third-order valence-electron chi connectivity index (χ3n) is 4.37. The first-order valence-corrected chi connectivity index (χ1v) is 9.02. The van der Waals surface area contributed by atoms with Gasteiger partial charge >= 0.3 is 0 Å². The van der Waals surface area contributed by atoms with Gasteiger partial charge in [-0.3, -0.25) is 9.20 Å². The number of nitrogens with zero attached hydrogens (tertiary/aromatic N) is 3. The Morgan fingerprint density at radius 1 is 1.50 bits per heavy atom. The van der Waals surface area contributed by atoms with Crippen molar-refractivity contribution < 1.29 is 4.79 Å². The second kappa shape index (κ2) is 7.24. The maximum atomic E-state index is 12.0.